The lowest BCUT2D eigenvalue weighted by atomic mass is 10.2. The van der Waals surface area contributed by atoms with Gasteiger partial charge in [-0.1, -0.05) is 23.8 Å². The van der Waals surface area contributed by atoms with Gasteiger partial charge in [0, 0.05) is 18.7 Å². The normalized spacial score (nSPS) is 23.4. The van der Waals surface area contributed by atoms with E-state index in [0.29, 0.717) is 24.3 Å². The van der Waals surface area contributed by atoms with E-state index >= 15 is 0 Å². The van der Waals surface area contributed by atoms with E-state index in [0.717, 1.165) is 17.3 Å². The Morgan fingerprint density at radius 1 is 1.62 bits per heavy atom. The summed E-state index contributed by atoms with van der Waals surface area (Å²) in [4.78, 5) is 8.56. The highest BCUT2D eigenvalue weighted by atomic mass is 32.2. The molecular weight excluding hydrogens is 224 g/mol. The topological polar surface area (TPSA) is 63.3 Å². The average Bonchev–Trinajstić information content (AvgIpc) is 2.73. The highest BCUT2D eigenvalue weighted by molar-refractivity contribution is 8.13. The van der Waals surface area contributed by atoms with E-state index in [9.17, 15) is 0 Å². The summed E-state index contributed by atoms with van der Waals surface area (Å²) in [5, 5.41) is 8.22. The highest BCUT2D eigenvalue weighted by Crippen LogP contribution is 2.16. The number of nitrogens with one attached hydrogen (secondary N) is 1. The average molecular weight is 240 g/mol. The smallest absolute Gasteiger partial charge is 0.223 e. The molecule has 1 atom stereocenters. The van der Waals surface area contributed by atoms with E-state index < -0.39 is 0 Å². The van der Waals surface area contributed by atoms with Crippen molar-refractivity contribution in [2.45, 2.75) is 39.3 Å². The zero-order chi connectivity index (χ0) is 11.4. The van der Waals surface area contributed by atoms with Crippen LogP contribution in [0.3, 0.4) is 0 Å². The second kappa shape index (κ2) is 5.34. The lowest BCUT2D eigenvalue weighted by Crippen LogP contribution is -2.37. The fraction of sp³-hybridized carbons (Fsp3) is 0.700. The van der Waals surface area contributed by atoms with Crippen LogP contribution in [0.1, 0.15) is 31.5 Å². The minimum Gasteiger partial charge on any atom is -0.362 e. The number of aromatic nitrogens is 2. The molecule has 1 aromatic heterocycles. The Morgan fingerprint density at radius 3 is 3.19 bits per heavy atom. The Morgan fingerprint density at radius 2 is 2.50 bits per heavy atom. The Hall–Kier alpha value is -1.04. The summed E-state index contributed by atoms with van der Waals surface area (Å²) in [5.41, 5.74) is 0. The largest absolute Gasteiger partial charge is 0.362 e. The summed E-state index contributed by atoms with van der Waals surface area (Å²) < 4.78 is 4.89. The second-order valence-corrected chi connectivity index (χ2v) is 4.82. The van der Waals surface area contributed by atoms with Gasteiger partial charge in [0.25, 0.3) is 0 Å². The zero-order valence-electron chi connectivity index (χ0n) is 9.56. The lowest BCUT2D eigenvalue weighted by Gasteiger charge is -2.23. The molecule has 0 radical (unpaired) electrons. The molecule has 1 fully saturated rings. The van der Waals surface area contributed by atoms with Crippen LogP contribution in [-0.2, 0) is 6.54 Å². The molecule has 0 spiro atoms. The van der Waals surface area contributed by atoms with Gasteiger partial charge in [0.05, 0.1) is 0 Å². The summed E-state index contributed by atoms with van der Waals surface area (Å²) in [6.45, 7) is 4.46. The summed E-state index contributed by atoms with van der Waals surface area (Å²) >= 11 is 1.76. The molecule has 1 N–H and O–H groups in total. The molecule has 1 aromatic rings. The molecule has 0 bridgehead atoms. The van der Waals surface area contributed by atoms with Crippen molar-refractivity contribution in [1.82, 2.24) is 15.5 Å². The van der Waals surface area contributed by atoms with Crippen LogP contribution in [-0.4, -0.2) is 27.1 Å². The molecule has 16 heavy (non-hydrogen) atoms. The van der Waals surface area contributed by atoms with Gasteiger partial charge in [0.1, 0.15) is 6.54 Å². The van der Waals surface area contributed by atoms with Crippen LogP contribution in [0.4, 0.5) is 0 Å². The van der Waals surface area contributed by atoms with Crippen LogP contribution < -0.4 is 5.32 Å². The molecule has 0 amide bonds. The van der Waals surface area contributed by atoms with Crippen molar-refractivity contribution >= 4 is 16.9 Å². The minimum atomic E-state index is 0.489. The van der Waals surface area contributed by atoms with E-state index in [-0.39, 0.29) is 0 Å². The Balaban J connectivity index is 1.91. The number of rotatable bonds is 3. The maximum atomic E-state index is 4.89. The predicted molar refractivity (Wildman–Crippen MR) is 64.5 cm³/mol. The zero-order valence-corrected chi connectivity index (χ0v) is 10.4. The number of nitrogens with zero attached hydrogens (tertiary/aromatic N) is 3. The molecule has 2 heterocycles. The van der Waals surface area contributed by atoms with Gasteiger partial charge in [-0.2, -0.15) is 4.98 Å². The lowest BCUT2D eigenvalue weighted by molar-refractivity contribution is 0.387. The Labute approximate surface area is 99.1 Å². The quantitative estimate of drug-likeness (QED) is 0.872. The van der Waals surface area contributed by atoms with Gasteiger partial charge in [0.15, 0.2) is 11.0 Å². The van der Waals surface area contributed by atoms with Gasteiger partial charge < -0.3 is 9.84 Å². The summed E-state index contributed by atoms with van der Waals surface area (Å²) in [7, 11) is 0. The fourth-order valence-electron chi connectivity index (χ4n) is 1.53. The molecule has 1 unspecified atom stereocenters. The Kier molecular flexibility index (Phi) is 3.82. The SMILES string of the molecule is CCC1CCSC(=NCc2noc(C)n2)N1. The first-order valence-corrected chi connectivity index (χ1v) is 6.49. The maximum Gasteiger partial charge on any atom is 0.223 e. The number of hydrogen-bond donors (Lipinski definition) is 1. The number of thioether (sulfide) groups is 1. The van der Waals surface area contributed by atoms with Crippen LogP contribution in [0.2, 0.25) is 0 Å². The van der Waals surface area contributed by atoms with Crippen molar-refractivity contribution in [1.29, 1.82) is 0 Å². The molecule has 1 saturated heterocycles. The molecule has 6 heteroatoms. The molecule has 5 nitrogen and oxygen atoms in total. The van der Waals surface area contributed by atoms with Crippen molar-refractivity contribution in [3.63, 3.8) is 0 Å². The first-order valence-electron chi connectivity index (χ1n) is 5.51. The van der Waals surface area contributed by atoms with Crippen LogP contribution in [0.15, 0.2) is 9.52 Å². The molecule has 2 rings (SSSR count). The standard InChI is InChI=1S/C10H16N4OS/c1-3-8-4-5-16-10(13-8)11-6-9-12-7(2)15-14-9/h8H,3-6H2,1-2H3,(H,11,13). The molecule has 88 valence electrons. The highest BCUT2D eigenvalue weighted by Gasteiger charge is 2.15. The number of hydrogen-bond acceptors (Lipinski definition) is 5. The van der Waals surface area contributed by atoms with E-state index in [4.69, 9.17) is 4.52 Å². The van der Waals surface area contributed by atoms with Crippen molar-refractivity contribution in [2.75, 3.05) is 5.75 Å². The van der Waals surface area contributed by atoms with Crippen LogP contribution >= 0.6 is 11.8 Å². The first-order chi connectivity index (χ1) is 7.78. The van der Waals surface area contributed by atoms with E-state index in [1.54, 1.807) is 18.7 Å². The molecular formula is C10H16N4OS. The van der Waals surface area contributed by atoms with Gasteiger partial charge in [-0.05, 0) is 12.8 Å². The van der Waals surface area contributed by atoms with Gasteiger partial charge in [-0.25, -0.2) is 0 Å². The predicted octanol–water partition coefficient (Wildman–Crippen LogP) is 1.74. The molecule has 0 aromatic carbocycles. The van der Waals surface area contributed by atoms with Gasteiger partial charge in [0.2, 0.25) is 5.89 Å². The molecule has 0 aliphatic carbocycles. The van der Waals surface area contributed by atoms with Gasteiger partial charge >= 0.3 is 0 Å². The van der Waals surface area contributed by atoms with Crippen molar-refractivity contribution in [2.24, 2.45) is 4.99 Å². The van der Waals surface area contributed by atoms with Crippen LogP contribution in [0.5, 0.6) is 0 Å². The molecule has 0 saturated carbocycles. The van der Waals surface area contributed by atoms with Crippen molar-refractivity contribution in [3.8, 4) is 0 Å². The van der Waals surface area contributed by atoms with Crippen molar-refractivity contribution < 1.29 is 4.52 Å². The number of aryl methyl sites for hydroxylation is 1. The third-order valence-electron chi connectivity index (χ3n) is 2.46. The second-order valence-electron chi connectivity index (χ2n) is 3.74. The maximum absolute atomic E-state index is 4.89. The minimum absolute atomic E-state index is 0.489. The molecule has 1 aliphatic rings. The fourth-order valence-corrected chi connectivity index (χ4v) is 2.53. The first kappa shape index (κ1) is 11.4. The summed E-state index contributed by atoms with van der Waals surface area (Å²) in [5.74, 6) is 2.37. The summed E-state index contributed by atoms with van der Waals surface area (Å²) in [6.07, 6.45) is 2.35. The van der Waals surface area contributed by atoms with E-state index in [1.807, 2.05) is 0 Å². The van der Waals surface area contributed by atoms with Gasteiger partial charge in [-0.3, -0.25) is 4.99 Å². The third kappa shape index (κ3) is 2.98. The summed E-state index contributed by atoms with van der Waals surface area (Å²) in [6, 6.07) is 0.562. The molecule has 1 aliphatic heterocycles. The number of amidine groups is 1. The Bertz CT molecular complexity index is 377. The van der Waals surface area contributed by atoms with Crippen LogP contribution in [0.25, 0.3) is 0 Å². The third-order valence-corrected chi connectivity index (χ3v) is 3.42. The van der Waals surface area contributed by atoms with E-state index in [2.05, 4.69) is 27.4 Å². The monoisotopic (exact) mass is 240 g/mol. The number of aliphatic imine (C=N–C) groups is 1. The van der Waals surface area contributed by atoms with Crippen molar-refractivity contribution in [3.05, 3.63) is 11.7 Å². The van der Waals surface area contributed by atoms with Crippen LogP contribution in [0, 0.1) is 6.92 Å². The van der Waals surface area contributed by atoms with E-state index in [1.165, 1.54) is 6.42 Å². The van der Waals surface area contributed by atoms with Gasteiger partial charge in [-0.15, -0.1) is 0 Å².